The Kier molecular flexibility index (Phi) is 3.77. The summed E-state index contributed by atoms with van der Waals surface area (Å²) >= 11 is 0. The van der Waals surface area contributed by atoms with Crippen LogP contribution in [0.4, 0.5) is 4.39 Å². The van der Waals surface area contributed by atoms with Gasteiger partial charge in [0.1, 0.15) is 11.6 Å². The van der Waals surface area contributed by atoms with Crippen molar-refractivity contribution in [2.75, 3.05) is 0 Å². The summed E-state index contributed by atoms with van der Waals surface area (Å²) in [5.74, 6) is -0.301. The summed E-state index contributed by atoms with van der Waals surface area (Å²) in [6, 6.07) is 4.47. The van der Waals surface area contributed by atoms with Crippen LogP contribution in [0.3, 0.4) is 0 Å². The number of Topliss-reactive ketones (excluding diaryl/α,β-unsaturated/α-hetero) is 1. The molecule has 0 bridgehead atoms. The van der Waals surface area contributed by atoms with Gasteiger partial charge in [-0.25, -0.2) is 17.5 Å². The molecule has 1 aliphatic carbocycles. The van der Waals surface area contributed by atoms with Crippen molar-refractivity contribution >= 4 is 15.8 Å². The Morgan fingerprint density at radius 2 is 1.67 bits per heavy atom. The van der Waals surface area contributed by atoms with Crippen molar-refractivity contribution in [1.29, 1.82) is 0 Å². The molecule has 0 saturated heterocycles. The Balaban J connectivity index is 2.07. The zero-order valence-electron chi connectivity index (χ0n) is 9.73. The molecule has 0 amide bonds. The highest BCUT2D eigenvalue weighted by molar-refractivity contribution is 7.89. The summed E-state index contributed by atoms with van der Waals surface area (Å²) in [5, 5.41) is 0. The molecule has 1 N–H and O–H groups in total. The molecule has 0 atom stereocenters. The van der Waals surface area contributed by atoms with Gasteiger partial charge in [-0.1, -0.05) is 0 Å². The standard InChI is InChI=1S/C12H14FNO3S/c13-9-1-7-12(8-2-9)18(16,17)14-10-3-5-11(15)6-4-10/h1-2,7-8,10,14H,3-6H2. The lowest BCUT2D eigenvalue weighted by molar-refractivity contribution is -0.120. The number of halogens is 1. The van der Waals surface area contributed by atoms with Gasteiger partial charge in [0.25, 0.3) is 0 Å². The normalized spacial score (nSPS) is 17.9. The minimum Gasteiger partial charge on any atom is -0.300 e. The van der Waals surface area contributed by atoms with Crippen LogP contribution in [0.2, 0.25) is 0 Å². The molecule has 18 heavy (non-hydrogen) atoms. The van der Waals surface area contributed by atoms with Crippen LogP contribution >= 0.6 is 0 Å². The van der Waals surface area contributed by atoms with Crippen LogP contribution in [0.25, 0.3) is 0 Å². The van der Waals surface area contributed by atoms with Crippen molar-refractivity contribution in [3.05, 3.63) is 30.1 Å². The Morgan fingerprint density at radius 3 is 2.22 bits per heavy atom. The molecule has 1 saturated carbocycles. The molecule has 0 spiro atoms. The molecule has 98 valence electrons. The quantitative estimate of drug-likeness (QED) is 0.908. The van der Waals surface area contributed by atoms with Crippen LogP contribution in [0.15, 0.2) is 29.2 Å². The third-order valence-electron chi connectivity index (χ3n) is 2.99. The van der Waals surface area contributed by atoms with Crippen molar-refractivity contribution in [3.8, 4) is 0 Å². The molecule has 1 fully saturated rings. The number of hydrogen-bond donors (Lipinski definition) is 1. The highest BCUT2D eigenvalue weighted by Crippen LogP contribution is 2.18. The topological polar surface area (TPSA) is 63.2 Å². The van der Waals surface area contributed by atoms with Gasteiger partial charge in [0, 0.05) is 18.9 Å². The molecule has 1 aromatic rings. The molecule has 1 aliphatic rings. The first-order valence-electron chi connectivity index (χ1n) is 5.77. The monoisotopic (exact) mass is 271 g/mol. The first-order valence-corrected chi connectivity index (χ1v) is 7.25. The number of benzene rings is 1. The van der Waals surface area contributed by atoms with Crippen LogP contribution in [0, 0.1) is 5.82 Å². The number of ketones is 1. The van der Waals surface area contributed by atoms with Crippen molar-refractivity contribution in [3.63, 3.8) is 0 Å². The lowest BCUT2D eigenvalue weighted by atomic mass is 9.95. The van der Waals surface area contributed by atoms with E-state index in [0.717, 1.165) is 12.1 Å². The second kappa shape index (κ2) is 5.16. The zero-order valence-corrected chi connectivity index (χ0v) is 10.5. The van der Waals surface area contributed by atoms with Crippen LogP contribution in [0.5, 0.6) is 0 Å². The van der Waals surface area contributed by atoms with Crippen LogP contribution in [0.1, 0.15) is 25.7 Å². The molecule has 2 rings (SSSR count). The van der Waals surface area contributed by atoms with Gasteiger partial charge in [-0.2, -0.15) is 0 Å². The Bertz CT molecular complexity index is 529. The van der Waals surface area contributed by atoms with Gasteiger partial charge in [0.05, 0.1) is 4.90 Å². The Hall–Kier alpha value is -1.27. The summed E-state index contributed by atoms with van der Waals surface area (Å²) in [6.45, 7) is 0. The number of carbonyl (C=O) groups is 1. The minimum absolute atomic E-state index is 0.0424. The summed E-state index contributed by atoms with van der Waals surface area (Å²) in [7, 11) is -3.62. The van der Waals surface area contributed by atoms with Gasteiger partial charge in [-0.15, -0.1) is 0 Å². The van der Waals surface area contributed by atoms with E-state index in [1.165, 1.54) is 12.1 Å². The van der Waals surface area contributed by atoms with Gasteiger partial charge in [0.2, 0.25) is 10.0 Å². The third kappa shape index (κ3) is 3.14. The molecular formula is C12H14FNO3S. The Labute approximate surface area is 105 Å². The number of hydrogen-bond acceptors (Lipinski definition) is 3. The largest absolute Gasteiger partial charge is 0.300 e. The number of rotatable bonds is 3. The van der Waals surface area contributed by atoms with Gasteiger partial charge in [-0.3, -0.25) is 4.79 Å². The fourth-order valence-electron chi connectivity index (χ4n) is 1.96. The van der Waals surface area contributed by atoms with Crippen molar-refractivity contribution < 1.29 is 17.6 Å². The molecule has 1 aromatic carbocycles. The molecule has 6 heteroatoms. The highest BCUT2D eigenvalue weighted by atomic mass is 32.2. The van der Waals surface area contributed by atoms with Crippen LogP contribution < -0.4 is 4.72 Å². The lowest BCUT2D eigenvalue weighted by Gasteiger charge is -2.21. The second-order valence-corrected chi connectivity index (χ2v) is 6.10. The summed E-state index contributed by atoms with van der Waals surface area (Å²) < 4.78 is 39.2. The first kappa shape index (κ1) is 13.2. The predicted molar refractivity (Wildman–Crippen MR) is 64.0 cm³/mol. The summed E-state index contributed by atoms with van der Waals surface area (Å²) in [5.41, 5.74) is 0. The fraction of sp³-hybridized carbons (Fsp3) is 0.417. The van der Waals surface area contributed by atoms with E-state index in [9.17, 15) is 17.6 Å². The van der Waals surface area contributed by atoms with E-state index in [1.807, 2.05) is 0 Å². The van der Waals surface area contributed by atoms with E-state index in [-0.39, 0.29) is 16.7 Å². The molecule has 0 unspecified atom stereocenters. The minimum atomic E-state index is -3.62. The Morgan fingerprint density at radius 1 is 1.11 bits per heavy atom. The fourth-order valence-corrected chi connectivity index (χ4v) is 3.26. The first-order chi connectivity index (χ1) is 8.47. The molecule has 4 nitrogen and oxygen atoms in total. The van der Waals surface area contributed by atoms with Gasteiger partial charge in [-0.05, 0) is 37.1 Å². The van der Waals surface area contributed by atoms with E-state index < -0.39 is 15.8 Å². The summed E-state index contributed by atoms with van der Waals surface area (Å²) in [6.07, 6.45) is 1.88. The SMILES string of the molecule is O=C1CCC(NS(=O)(=O)c2ccc(F)cc2)CC1. The average Bonchev–Trinajstić information content (AvgIpc) is 2.32. The third-order valence-corrected chi connectivity index (χ3v) is 4.53. The van der Waals surface area contributed by atoms with Crippen LogP contribution in [-0.4, -0.2) is 20.2 Å². The zero-order chi connectivity index (χ0) is 13.2. The van der Waals surface area contributed by atoms with Crippen molar-refractivity contribution in [2.24, 2.45) is 0 Å². The van der Waals surface area contributed by atoms with E-state index in [4.69, 9.17) is 0 Å². The maximum absolute atomic E-state index is 12.7. The smallest absolute Gasteiger partial charge is 0.240 e. The van der Waals surface area contributed by atoms with Crippen molar-refractivity contribution in [2.45, 2.75) is 36.6 Å². The maximum Gasteiger partial charge on any atom is 0.240 e. The van der Waals surface area contributed by atoms with Crippen molar-refractivity contribution in [1.82, 2.24) is 4.72 Å². The van der Waals surface area contributed by atoms with Gasteiger partial charge in [0.15, 0.2) is 0 Å². The molecular weight excluding hydrogens is 257 g/mol. The van der Waals surface area contributed by atoms with E-state index in [2.05, 4.69) is 4.72 Å². The molecule has 0 heterocycles. The maximum atomic E-state index is 12.7. The average molecular weight is 271 g/mol. The lowest BCUT2D eigenvalue weighted by Crippen LogP contribution is -2.37. The molecule has 0 aromatic heterocycles. The number of sulfonamides is 1. The predicted octanol–water partition coefficient (Wildman–Crippen LogP) is 1.62. The van der Waals surface area contributed by atoms with E-state index in [0.29, 0.717) is 25.7 Å². The summed E-state index contributed by atoms with van der Waals surface area (Å²) in [4.78, 5) is 11.1. The highest BCUT2D eigenvalue weighted by Gasteiger charge is 2.24. The molecule has 0 aliphatic heterocycles. The number of nitrogens with one attached hydrogen (secondary N) is 1. The van der Waals surface area contributed by atoms with E-state index >= 15 is 0 Å². The van der Waals surface area contributed by atoms with E-state index in [1.54, 1.807) is 0 Å². The van der Waals surface area contributed by atoms with Crippen LogP contribution in [-0.2, 0) is 14.8 Å². The van der Waals surface area contributed by atoms with Gasteiger partial charge < -0.3 is 0 Å². The number of carbonyl (C=O) groups excluding carboxylic acids is 1. The second-order valence-electron chi connectivity index (χ2n) is 4.39. The van der Waals surface area contributed by atoms with Gasteiger partial charge >= 0.3 is 0 Å². The molecule has 0 radical (unpaired) electrons.